The van der Waals surface area contributed by atoms with Gasteiger partial charge in [-0.15, -0.1) is 0 Å². The van der Waals surface area contributed by atoms with E-state index >= 15 is 0 Å². The highest BCUT2D eigenvalue weighted by Gasteiger charge is 2.36. The Bertz CT molecular complexity index is 417. The van der Waals surface area contributed by atoms with Gasteiger partial charge in [0.05, 0.1) is 5.56 Å². The van der Waals surface area contributed by atoms with Gasteiger partial charge in [0.15, 0.2) is 0 Å². The van der Waals surface area contributed by atoms with Gasteiger partial charge in [-0.25, -0.2) is 4.79 Å². The number of hydrogen-bond donors (Lipinski definition) is 1. The van der Waals surface area contributed by atoms with Crippen LogP contribution in [0.15, 0.2) is 16.8 Å². The Morgan fingerprint density at radius 3 is 3.11 bits per heavy atom. The minimum absolute atomic E-state index is 0.0939. The molecular weight excluding hydrogens is 246 g/mol. The fraction of sp³-hybridized carbons (Fsp3) is 0.643. The van der Waals surface area contributed by atoms with Crippen LogP contribution in [0.5, 0.6) is 0 Å². The van der Waals surface area contributed by atoms with Crippen molar-refractivity contribution in [2.45, 2.75) is 50.8 Å². The second kappa shape index (κ2) is 5.02. The third-order valence-electron chi connectivity index (χ3n) is 4.20. The van der Waals surface area contributed by atoms with Gasteiger partial charge in [-0.2, -0.15) is 11.3 Å². The van der Waals surface area contributed by atoms with E-state index in [1.54, 1.807) is 0 Å². The van der Waals surface area contributed by atoms with Crippen molar-refractivity contribution >= 4 is 17.3 Å². The van der Waals surface area contributed by atoms with E-state index in [0.717, 1.165) is 12.8 Å². The van der Waals surface area contributed by atoms with E-state index in [4.69, 9.17) is 4.74 Å². The zero-order valence-corrected chi connectivity index (χ0v) is 11.4. The average Bonchev–Trinajstić information content (AvgIpc) is 2.88. The van der Waals surface area contributed by atoms with E-state index in [0.29, 0.717) is 23.6 Å². The molecule has 0 aliphatic carbocycles. The van der Waals surface area contributed by atoms with E-state index in [9.17, 15) is 4.79 Å². The molecule has 0 aromatic carbocycles. The molecule has 4 heteroatoms. The highest BCUT2D eigenvalue weighted by Crippen LogP contribution is 2.31. The number of nitrogens with one attached hydrogen (secondary N) is 1. The van der Waals surface area contributed by atoms with Crippen molar-refractivity contribution in [3.8, 4) is 0 Å². The number of rotatable bonds is 2. The van der Waals surface area contributed by atoms with E-state index in [2.05, 4.69) is 12.2 Å². The predicted molar refractivity (Wildman–Crippen MR) is 71.9 cm³/mol. The highest BCUT2D eigenvalue weighted by molar-refractivity contribution is 7.08. The van der Waals surface area contributed by atoms with Crippen LogP contribution in [0.2, 0.25) is 0 Å². The summed E-state index contributed by atoms with van der Waals surface area (Å²) < 4.78 is 5.65. The second-order valence-electron chi connectivity index (χ2n) is 5.54. The number of carbonyl (C=O) groups excluding carboxylic acids is 1. The van der Waals surface area contributed by atoms with E-state index in [1.165, 1.54) is 24.2 Å². The SMILES string of the molecule is CC1CCC2CC(OC(=O)c3ccsc3)CC1N2. The van der Waals surface area contributed by atoms with Crippen molar-refractivity contribution in [3.05, 3.63) is 22.4 Å². The molecular formula is C14H19NO2S. The lowest BCUT2D eigenvalue weighted by molar-refractivity contribution is 0.00135. The quantitative estimate of drug-likeness (QED) is 0.836. The summed E-state index contributed by atoms with van der Waals surface area (Å²) in [5, 5.41) is 7.42. The van der Waals surface area contributed by atoms with Crippen molar-refractivity contribution in [1.29, 1.82) is 0 Å². The molecule has 1 N–H and O–H groups in total. The summed E-state index contributed by atoms with van der Waals surface area (Å²) in [6.45, 7) is 2.29. The van der Waals surface area contributed by atoms with Gasteiger partial charge in [0, 0.05) is 23.9 Å². The molecule has 3 rings (SSSR count). The zero-order valence-electron chi connectivity index (χ0n) is 10.6. The molecule has 2 fully saturated rings. The largest absolute Gasteiger partial charge is 0.459 e. The van der Waals surface area contributed by atoms with E-state index in [-0.39, 0.29) is 12.1 Å². The van der Waals surface area contributed by atoms with Crippen molar-refractivity contribution in [2.75, 3.05) is 0 Å². The predicted octanol–water partition coefficient (Wildman–Crippen LogP) is 2.82. The molecule has 2 saturated heterocycles. The van der Waals surface area contributed by atoms with Gasteiger partial charge < -0.3 is 10.1 Å². The Labute approximate surface area is 112 Å². The Balaban J connectivity index is 1.62. The van der Waals surface area contributed by atoms with Crippen LogP contribution in [0.3, 0.4) is 0 Å². The first-order chi connectivity index (χ1) is 8.72. The maximum atomic E-state index is 11.9. The fourth-order valence-corrected chi connectivity index (χ4v) is 3.72. The Hall–Kier alpha value is -0.870. The minimum atomic E-state index is -0.158. The standard InChI is InChI=1S/C14H19NO2S/c1-9-2-3-11-6-12(7-13(9)15-11)17-14(16)10-4-5-18-8-10/h4-5,8-9,11-13,15H,2-3,6-7H2,1H3. The van der Waals surface area contributed by atoms with Gasteiger partial charge in [-0.1, -0.05) is 6.92 Å². The maximum Gasteiger partial charge on any atom is 0.339 e. The first kappa shape index (κ1) is 12.2. The molecule has 0 radical (unpaired) electrons. The van der Waals surface area contributed by atoms with Crippen LogP contribution in [0, 0.1) is 5.92 Å². The van der Waals surface area contributed by atoms with Crippen LogP contribution in [0.1, 0.15) is 43.0 Å². The van der Waals surface area contributed by atoms with Gasteiger partial charge in [0.1, 0.15) is 6.10 Å². The number of thiophene rings is 1. The molecule has 2 aliphatic heterocycles. The lowest BCUT2D eigenvalue weighted by Gasteiger charge is -2.43. The summed E-state index contributed by atoms with van der Waals surface area (Å²) in [4.78, 5) is 11.9. The third kappa shape index (κ3) is 2.45. The van der Waals surface area contributed by atoms with Crippen LogP contribution in [-0.4, -0.2) is 24.2 Å². The first-order valence-corrected chi connectivity index (χ1v) is 7.66. The summed E-state index contributed by atoms with van der Waals surface area (Å²) in [5.41, 5.74) is 0.691. The average molecular weight is 265 g/mol. The van der Waals surface area contributed by atoms with Gasteiger partial charge in [0.25, 0.3) is 0 Å². The van der Waals surface area contributed by atoms with Crippen LogP contribution >= 0.6 is 11.3 Å². The minimum Gasteiger partial charge on any atom is -0.459 e. The summed E-state index contributed by atoms with van der Waals surface area (Å²) in [6, 6.07) is 2.90. The Morgan fingerprint density at radius 2 is 2.33 bits per heavy atom. The van der Waals surface area contributed by atoms with Crippen LogP contribution < -0.4 is 5.32 Å². The molecule has 3 nitrogen and oxygen atoms in total. The monoisotopic (exact) mass is 265 g/mol. The topological polar surface area (TPSA) is 38.3 Å². The summed E-state index contributed by atoms with van der Waals surface area (Å²) in [6.07, 6.45) is 4.54. The van der Waals surface area contributed by atoms with Crippen LogP contribution in [-0.2, 0) is 4.74 Å². The smallest absolute Gasteiger partial charge is 0.339 e. The van der Waals surface area contributed by atoms with Gasteiger partial charge >= 0.3 is 5.97 Å². The molecule has 2 aliphatic rings. The lowest BCUT2D eigenvalue weighted by Crippen LogP contribution is -2.54. The first-order valence-electron chi connectivity index (χ1n) is 6.71. The summed E-state index contributed by atoms with van der Waals surface area (Å²) in [5.74, 6) is 0.540. The van der Waals surface area contributed by atoms with Gasteiger partial charge in [-0.3, -0.25) is 0 Å². The molecule has 0 saturated carbocycles. The van der Waals surface area contributed by atoms with Crippen molar-refractivity contribution in [3.63, 3.8) is 0 Å². The fourth-order valence-electron chi connectivity index (χ4n) is 3.09. The number of ether oxygens (including phenoxy) is 1. The third-order valence-corrected chi connectivity index (χ3v) is 4.89. The molecule has 4 atom stereocenters. The molecule has 0 amide bonds. The number of fused-ring (bicyclic) bond motifs is 2. The van der Waals surface area contributed by atoms with Gasteiger partial charge in [-0.05, 0) is 36.6 Å². The molecule has 98 valence electrons. The zero-order chi connectivity index (χ0) is 12.5. The highest BCUT2D eigenvalue weighted by atomic mass is 32.1. The van der Waals surface area contributed by atoms with Gasteiger partial charge in [0.2, 0.25) is 0 Å². The Kier molecular flexibility index (Phi) is 3.39. The molecule has 0 spiro atoms. The number of piperidine rings is 2. The molecule has 3 heterocycles. The second-order valence-corrected chi connectivity index (χ2v) is 6.32. The van der Waals surface area contributed by atoms with Crippen molar-refractivity contribution in [1.82, 2.24) is 5.32 Å². The summed E-state index contributed by atoms with van der Waals surface area (Å²) in [7, 11) is 0. The maximum absolute atomic E-state index is 11.9. The number of esters is 1. The summed E-state index contributed by atoms with van der Waals surface area (Å²) >= 11 is 1.53. The molecule has 18 heavy (non-hydrogen) atoms. The number of carbonyl (C=O) groups is 1. The van der Waals surface area contributed by atoms with E-state index in [1.807, 2.05) is 16.8 Å². The molecule has 1 aromatic heterocycles. The molecule has 4 unspecified atom stereocenters. The normalized spacial score (nSPS) is 35.2. The van der Waals surface area contributed by atoms with E-state index < -0.39 is 0 Å². The van der Waals surface area contributed by atoms with Crippen LogP contribution in [0.4, 0.5) is 0 Å². The number of hydrogen-bond acceptors (Lipinski definition) is 4. The molecule has 1 aromatic rings. The van der Waals surface area contributed by atoms with Crippen LogP contribution in [0.25, 0.3) is 0 Å². The van der Waals surface area contributed by atoms with Crippen molar-refractivity contribution in [2.24, 2.45) is 5.92 Å². The Morgan fingerprint density at radius 1 is 1.44 bits per heavy atom. The van der Waals surface area contributed by atoms with Crippen molar-refractivity contribution < 1.29 is 9.53 Å². The molecule has 2 bridgehead atoms. The lowest BCUT2D eigenvalue weighted by atomic mass is 9.79.